The second-order valence-corrected chi connectivity index (χ2v) is 13.1. The number of aryl methyl sites for hydroxylation is 1. The molecule has 5 heterocycles. The van der Waals surface area contributed by atoms with E-state index in [1.54, 1.807) is 6.92 Å². The van der Waals surface area contributed by atoms with Gasteiger partial charge < -0.3 is 20.7 Å². The van der Waals surface area contributed by atoms with E-state index in [9.17, 15) is 4.79 Å². The average molecular weight is 579 g/mol. The maximum Gasteiger partial charge on any atom is 0.219 e. The lowest BCUT2D eigenvalue weighted by molar-refractivity contribution is -0.128. The number of nitrogens with one attached hydrogen (secondary N) is 1. The highest BCUT2D eigenvalue weighted by molar-refractivity contribution is 6.10. The fraction of sp³-hybridized carbons (Fsp3) is 0.486. The third-order valence-corrected chi connectivity index (χ3v) is 10.0. The first-order valence-corrected chi connectivity index (χ1v) is 15.9. The van der Waals surface area contributed by atoms with Gasteiger partial charge in [-0.15, -0.1) is 0 Å². The number of carbonyl (C=O) groups excluding carboxylic acids is 1. The van der Waals surface area contributed by atoms with Crippen LogP contribution in [0, 0.1) is 11.3 Å². The molecule has 1 aliphatic carbocycles. The third kappa shape index (κ3) is 5.83. The average Bonchev–Trinajstić information content (AvgIpc) is 2.99. The lowest BCUT2D eigenvalue weighted by Gasteiger charge is -2.54. The van der Waals surface area contributed by atoms with Gasteiger partial charge in [-0.25, -0.2) is 0 Å². The van der Waals surface area contributed by atoms with Crippen molar-refractivity contribution in [2.24, 2.45) is 22.1 Å². The standard InChI is InChI=1S/C35H42N6O2/c1-23(42)41-12-9-32(40-28-10-13-43-14-11-28)31(20-41)34(36)29-4-2-3-25-15-33(39-19-30(25)29)26-6-8-27(38-18-26)7-5-24-16-35(17-24)21-37-22-35/h2-4,6,8,15,18-19,24,28,37H,5,7,9-14,16-17,20-22,36H2,1H3/b34-31-,40-32?. The molecule has 0 unspecified atom stereocenters. The largest absolute Gasteiger partial charge is 0.398 e. The fourth-order valence-corrected chi connectivity index (χ4v) is 7.38. The lowest BCUT2D eigenvalue weighted by atomic mass is 9.57. The zero-order valence-electron chi connectivity index (χ0n) is 25.1. The van der Waals surface area contributed by atoms with Gasteiger partial charge in [0.05, 0.1) is 11.7 Å². The molecule has 3 saturated heterocycles. The Balaban J connectivity index is 1.12. The molecule has 3 N–H and O–H groups in total. The van der Waals surface area contributed by atoms with E-state index < -0.39 is 0 Å². The van der Waals surface area contributed by atoms with Gasteiger partial charge in [0.1, 0.15) is 0 Å². The zero-order valence-corrected chi connectivity index (χ0v) is 25.1. The molecular weight excluding hydrogens is 536 g/mol. The van der Waals surface area contributed by atoms with Crippen molar-refractivity contribution in [3.8, 4) is 11.3 Å². The van der Waals surface area contributed by atoms with Gasteiger partial charge in [-0.2, -0.15) is 0 Å². The van der Waals surface area contributed by atoms with Crippen molar-refractivity contribution < 1.29 is 9.53 Å². The van der Waals surface area contributed by atoms with Crippen molar-refractivity contribution in [1.82, 2.24) is 20.2 Å². The van der Waals surface area contributed by atoms with Crippen LogP contribution in [-0.4, -0.2) is 71.9 Å². The quantitative estimate of drug-likeness (QED) is 0.437. The minimum atomic E-state index is 0.0573. The Kier molecular flexibility index (Phi) is 7.74. The van der Waals surface area contributed by atoms with Gasteiger partial charge in [-0.3, -0.25) is 19.8 Å². The Morgan fingerprint density at radius 3 is 2.70 bits per heavy atom. The van der Waals surface area contributed by atoms with E-state index >= 15 is 0 Å². The van der Waals surface area contributed by atoms with E-state index in [0.717, 1.165) is 83.0 Å². The van der Waals surface area contributed by atoms with Gasteiger partial charge in [0.25, 0.3) is 0 Å². The number of ether oxygens (including phenoxy) is 1. The number of likely N-dealkylation sites (tertiary alicyclic amines) is 1. The van der Waals surface area contributed by atoms with Crippen molar-refractivity contribution in [2.45, 2.75) is 57.9 Å². The zero-order chi connectivity index (χ0) is 29.4. The van der Waals surface area contributed by atoms with Crippen LogP contribution in [-0.2, 0) is 16.0 Å². The Morgan fingerprint density at radius 1 is 1.14 bits per heavy atom. The highest BCUT2D eigenvalue weighted by Crippen LogP contribution is 2.49. The van der Waals surface area contributed by atoms with Crippen LogP contribution >= 0.6 is 0 Å². The first-order chi connectivity index (χ1) is 21.0. The smallest absolute Gasteiger partial charge is 0.219 e. The van der Waals surface area contributed by atoms with Crippen molar-refractivity contribution >= 4 is 28.1 Å². The lowest BCUT2D eigenvalue weighted by Crippen LogP contribution is -2.60. The molecule has 1 amide bonds. The summed E-state index contributed by atoms with van der Waals surface area (Å²) in [4.78, 5) is 28.9. The van der Waals surface area contributed by atoms with Crippen molar-refractivity contribution in [2.75, 3.05) is 39.4 Å². The maximum absolute atomic E-state index is 12.3. The second-order valence-electron chi connectivity index (χ2n) is 13.1. The highest BCUT2D eigenvalue weighted by atomic mass is 16.5. The van der Waals surface area contributed by atoms with Crippen LogP contribution in [0.2, 0.25) is 0 Å². The topological polar surface area (TPSA) is 106 Å². The Labute approximate surface area is 253 Å². The molecule has 4 fully saturated rings. The number of fused-ring (bicyclic) bond motifs is 1. The number of benzene rings is 1. The molecule has 8 nitrogen and oxygen atoms in total. The summed E-state index contributed by atoms with van der Waals surface area (Å²) >= 11 is 0. The number of hydrogen-bond acceptors (Lipinski definition) is 7. The SMILES string of the molecule is CC(=O)N1CCC(=NC2CCOCC2)/C(=C(\N)c2cccc3cc(-c4ccc(CCC5CC6(CNC6)C5)nc4)ncc23)C1. The number of nitrogens with two attached hydrogens (primary N) is 1. The molecule has 3 aromatic rings. The number of piperidine rings is 1. The molecule has 3 aliphatic heterocycles. The summed E-state index contributed by atoms with van der Waals surface area (Å²) in [5, 5.41) is 5.49. The van der Waals surface area contributed by atoms with Gasteiger partial charge in [0.2, 0.25) is 5.91 Å². The maximum atomic E-state index is 12.3. The number of nitrogens with zero attached hydrogens (tertiary/aromatic N) is 4. The molecule has 7 rings (SSSR count). The molecule has 43 heavy (non-hydrogen) atoms. The predicted molar refractivity (Wildman–Crippen MR) is 171 cm³/mol. The second kappa shape index (κ2) is 11.8. The summed E-state index contributed by atoms with van der Waals surface area (Å²) < 4.78 is 5.54. The first kappa shape index (κ1) is 28.2. The normalized spacial score (nSPS) is 22.9. The molecule has 1 spiro atoms. The highest BCUT2D eigenvalue weighted by Gasteiger charge is 2.47. The molecule has 0 radical (unpaired) electrons. The van der Waals surface area contributed by atoms with Gasteiger partial charge in [-0.05, 0) is 73.4 Å². The van der Waals surface area contributed by atoms with E-state index in [4.69, 9.17) is 25.4 Å². The number of rotatable bonds is 6. The number of amides is 1. The van der Waals surface area contributed by atoms with Gasteiger partial charge >= 0.3 is 0 Å². The third-order valence-electron chi connectivity index (χ3n) is 10.0. The van der Waals surface area contributed by atoms with Crippen molar-refractivity contribution in [1.29, 1.82) is 0 Å². The van der Waals surface area contributed by atoms with Crippen LogP contribution in [0.3, 0.4) is 0 Å². The number of aromatic nitrogens is 2. The van der Waals surface area contributed by atoms with Crippen LogP contribution in [0.4, 0.5) is 0 Å². The van der Waals surface area contributed by atoms with Crippen LogP contribution in [0.1, 0.15) is 56.7 Å². The minimum Gasteiger partial charge on any atom is -0.398 e. The van der Waals surface area contributed by atoms with Crippen LogP contribution < -0.4 is 11.1 Å². The predicted octanol–water partition coefficient (Wildman–Crippen LogP) is 4.77. The Morgan fingerprint density at radius 2 is 1.98 bits per heavy atom. The van der Waals surface area contributed by atoms with Crippen LogP contribution in [0.15, 0.2) is 59.4 Å². The molecule has 4 aliphatic rings. The molecule has 1 aromatic carbocycles. The van der Waals surface area contributed by atoms with E-state index in [0.29, 0.717) is 30.6 Å². The summed E-state index contributed by atoms with van der Waals surface area (Å²) in [7, 11) is 0. The summed E-state index contributed by atoms with van der Waals surface area (Å²) in [6, 6.07) is 12.9. The van der Waals surface area contributed by atoms with E-state index in [-0.39, 0.29) is 11.9 Å². The summed E-state index contributed by atoms with van der Waals surface area (Å²) in [6.45, 7) is 6.67. The first-order valence-electron chi connectivity index (χ1n) is 15.9. The number of hydrogen-bond donors (Lipinski definition) is 2. The summed E-state index contributed by atoms with van der Waals surface area (Å²) in [6.07, 6.45) is 11.4. The monoisotopic (exact) mass is 578 g/mol. The summed E-state index contributed by atoms with van der Waals surface area (Å²) in [5.41, 5.74) is 14.2. The molecule has 2 aromatic heterocycles. The fourth-order valence-electron chi connectivity index (χ4n) is 7.38. The van der Waals surface area contributed by atoms with E-state index in [1.807, 2.05) is 29.4 Å². The van der Waals surface area contributed by atoms with E-state index in [1.165, 1.54) is 32.4 Å². The molecule has 224 valence electrons. The molecule has 8 heteroatoms. The molecule has 1 saturated carbocycles. The minimum absolute atomic E-state index is 0.0573. The molecule has 0 bridgehead atoms. The number of pyridine rings is 2. The van der Waals surface area contributed by atoms with Gasteiger partial charge in [0, 0.05) is 104 Å². The van der Waals surface area contributed by atoms with E-state index in [2.05, 4.69) is 29.6 Å². The Hall–Kier alpha value is -3.62. The van der Waals surface area contributed by atoms with Gasteiger partial charge in [0.15, 0.2) is 0 Å². The summed E-state index contributed by atoms with van der Waals surface area (Å²) in [5.74, 6) is 0.910. The Bertz CT molecular complexity index is 1560. The van der Waals surface area contributed by atoms with Crippen molar-refractivity contribution in [3.63, 3.8) is 0 Å². The number of carbonyl (C=O) groups is 1. The van der Waals surface area contributed by atoms with Crippen LogP contribution in [0.25, 0.3) is 27.7 Å². The number of aliphatic imine (C=N–C) groups is 1. The molecular formula is C35H42N6O2. The molecule has 0 atom stereocenters. The van der Waals surface area contributed by atoms with Crippen LogP contribution in [0.5, 0.6) is 0 Å². The van der Waals surface area contributed by atoms with Crippen molar-refractivity contribution in [3.05, 3.63) is 65.6 Å². The van der Waals surface area contributed by atoms with Gasteiger partial charge in [-0.1, -0.05) is 18.2 Å².